The molecular weight excluding hydrogens is 254 g/mol. The first-order chi connectivity index (χ1) is 8.45. The number of amides is 1. The van der Waals surface area contributed by atoms with E-state index >= 15 is 0 Å². The average molecular weight is 272 g/mol. The summed E-state index contributed by atoms with van der Waals surface area (Å²) in [6.07, 6.45) is 0.665. The predicted molar refractivity (Wildman–Crippen MR) is 71.5 cm³/mol. The number of para-hydroxylation sites is 1. The number of aromatic hydroxyl groups is 1. The van der Waals surface area contributed by atoms with Crippen molar-refractivity contribution >= 4 is 17.5 Å². The van der Waals surface area contributed by atoms with Gasteiger partial charge in [-0.15, -0.1) is 11.6 Å². The topological polar surface area (TPSA) is 58.6 Å². The number of nitrogens with one attached hydrogen (secondary N) is 1. The highest BCUT2D eigenvalue weighted by atomic mass is 35.5. The molecule has 0 aliphatic carbocycles. The van der Waals surface area contributed by atoms with Crippen LogP contribution >= 0.6 is 11.6 Å². The van der Waals surface area contributed by atoms with Crippen LogP contribution in [0.3, 0.4) is 0 Å². The number of methoxy groups -OCH3 is 1. The molecule has 0 saturated heterocycles. The van der Waals surface area contributed by atoms with Gasteiger partial charge in [-0.05, 0) is 32.4 Å². The lowest BCUT2D eigenvalue weighted by Crippen LogP contribution is -2.33. The molecule has 2 N–H and O–H groups in total. The van der Waals surface area contributed by atoms with E-state index in [-0.39, 0.29) is 34.4 Å². The van der Waals surface area contributed by atoms with Crippen LogP contribution in [0.4, 0.5) is 0 Å². The van der Waals surface area contributed by atoms with Gasteiger partial charge in [-0.1, -0.05) is 6.07 Å². The molecule has 0 saturated carbocycles. The molecule has 1 aromatic rings. The molecule has 1 amide bonds. The number of phenolic OH excluding ortho intramolecular Hbond substituents is 1. The molecular formula is C13H18ClNO3. The van der Waals surface area contributed by atoms with E-state index in [1.807, 2.05) is 13.8 Å². The summed E-state index contributed by atoms with van der Waals surface area (Å²) in [5, 5.41) is 12.6. The third kappa shape index (κ3) is 3.81. The molecule has 2 unspecified atom stereocenters. The SMILES string of the molecule is COc1cccc(C(=O)NC(C)CC(C)Cl)c1O. The van der Waals surface area contributed by atoms with Gasteiger partial charge in [0.2, 0.25) is 0 Å². The van der Waals surface area contributed by atoms with Crippen molar-refractivity contribution in [2.24, 2.45) is 0 Å². The second-order valence-electron chi connectivity index (χ2n) is 4.25. The van der Waals surface area contributed by atoms with Crippen LogP contribution in [0.2, 0.25) is 0 Å². The first-order valence-electron chi connectivity index (χ1n) is 5.76. The summed E-state index contributed by atoms with van der Waals surface area (Å²) in [7, 11) is 1.44. The first-order valence-corrected chi connectivity index (χ1v) is 6.20. The molecule has 0 aromatic heterocycles. The number of hydrogen-bond acceptors (Lipinski definition) is 3. The number of alkyl halides is 1. The van der Waals surface area contributed by atoms with Gasteiger partial charge in [-0.25, -0.2) is 0 Å². The minimum Gasteiger partial charge on any atom is -0.504 e. The molecule has 0 heterocycles. The van der Waals surface area contributed by atoms with Gasteiger partial charge in [0, 0.05) is 11.4 Å². The normalized spacial score (nSPS) is 13.8. The number of rotatable bonds is 5. The quantitative estimate of drug-likeness (QED) is 0.809. The second kappa shape index (κ2) is 6.50. The standard InChI is InChI=1S/C13H18ClNO3/c1-8(14)7-9(2)15-13(17)10-5-4-6-11(18-3)12(10)16/h4-6,8-9,16H,7H2,1-3H3,(H,15,17). The van der Waals surface area contributed by atoms with Crippen molar-refractivity contribution in [3.63, 3.8) is 0 Å². The fourth-order valence-corrected chi connectivity index (χ4v) is 1.99. The highest BCUT2D eigenvalue weighted by Gasteiger charge is 2.17. The lowest BCUT2D eigenvalue weighted by Gasteiger charge is -2.16. The van der Waals surface area contributed by atoms with Crippen LogP contribution < -0.4 is 10.1 Å². The van der Waals surface area contributed by atoms with Gasteiger partial charge in [-0.3, -0.25) is 4.79 Å². The van der Waals surface area contributed by atoms with Crippen molar-refractivity contribution in [2.45, 2.75) is 31.7 Å². The van der Waals surface area contributed by atoms with Gasteiger partial charge in [0.05, 0.1) is 12.7 Å². The van der Waals surface area contributed by atoms with Crippen LogP contribution in [0.15, 0.2) is 18.2 Å². The summed E-state index contributed by atoms with van der Waals surface area (Å²) in [6.45, 7) is 3.74. The molecule has 0 aliphatic heterocycles. The zero-order chi connectivity index (χ0) is 13.7. The predicted octanol–water partition coefficient (Wildman–Crippen LogP) is 2.54. The lowest BCUT2D eigenvalue weighted by molar-refractivity contribution is 0.0935. The monoisotopic (exact) mass is 271 g/mol. The van der Waals surface area contributed by atoms with Gasteiger partial charge in [0.1, 0.15) is 0 Å². The maximum Gasteiger partial charge on any atom is 0.255 e. The van der Waals surface area contributed by atoms with Crippen LogP contribution in [-0.2, 0) is 0 Å². The number of carbonyl (C=O) groups is 1. The highest BCUT2D eigenvalue weighted by molar-refractivity contribution is 6.20. The van der Waals surface area contributed by atoms with Crippen LogP contribution in [0, 0.1) is 0 Å². The van der Waals surface area contributed by atoms with Crippen molar-refractivity contribution in [1.29, 1.82) is 0 Å². The molecule has 5 heteroatoms. The minimum absolute atomic E-state index is 0.0146. The van der Waals surface area contributed by atoms with Crippen LogP contribution in [0.25, 0.3) is 0 Å². The van der Waals surface area contributed by atoms with Gasteiger partial charge < -0.3 is 15.2 Å². The molecule has 2 atom stereocenters. The zero-order valence-corrected chi connectivity index (χ0v) is 11.5. The number of halogens is 1. The van der Waals surface area contributed by atoms with Crippen molar-refractivity contribution in [2.75, 3.05) is 7.11 Å². The van der Waals surface area contributed by atoms with E-state index in [4.69, 9.17) is 16.3 Å². The van der Waals surface area contributed by atoms with E-state index in [1.165, 1.54) is 7.11 Å². The van der Waals surface area contributed by atoms with Crippen LogP contribution in [0.5, 0.6) is 11.5 Å². The largest absolute Gasteiger partial charge is 0.504 e. The van der Waals surface area contributed by atoms with Gasteiger partial charge >= 0.3 is 0 Å². The molecule has 0 fully saturated rings. The number of carbonyl (C=O) groups excluding carboxylic acids is 1. The van der Waals surface area contributed by atoms with E-state index in [0.717, 1.165) is 0 Å². The Morgan fingerprint density at radius 2 is 2.17 bits per heavy atom. The number of phenols is 1. The Labute approximate surface area is 112 Å². The van der Waals surface area contributed by atoms with Crippen molar-refractivity contribution in [1.82, 2.24) is 5.32 Å². The summed E-state index contributed by atoms with van der Waals surface area (Å²) in [4.78, 5) is 12.0. The second-order valence-corrected chi connectivity index (χ2v) is 4.99. The number of ether oxygens (including phenoxy) is 1. The Balaban J connectivity index is 2.78. The van der Waals surface area contributed by atoms with Gasteiger partial charge in [0.25, 0.3) is 5.91 Å². The molecule has 0 spiro atoms. The molecule has 0 bridgehead atoms. The maximum absolute atomic E-state index is 12.0. The van der Waals surface area contributed by atoms with E-state index in [1.54, 1.807) is 18.2 Å². The van der Waals surface area contributed by atoms with E-state index in [9.17, 15) is 9.90 Å². The van der Waals surface area contributed by atoms with Crippen molar-refractivity contribution in [3.8, 4) is 11.5 Å². The minimum atomic E-state index is -0.337. The Morgan fingerprint density at radius 3 is 2.72 bits per heavy atom. The molecule has 0 radical (unpaired) electrons. The summed E-state index contributed by atoms with van der Waals surface area (Å²) in [5.41, 5.74) is 0.198. The third-order valence-electron chi connectivity index (χ3n) is 2.52. The fraction of sp³-hybridized carbons (Fsp3) is 0.462. The molecule has 18 heavy (non-hydrogen) atoms. The third-order valence-corrected chi connectivity index (χ3v) is 2.70. The number of benzene rings is 1. The number of hydrogen-bond donors (Lipinski definition) is 2. The van der Waals surface area contributed by atoms with Crippen LogP contribution in [-0.4, -0.2) is 29.5 Å². The molecule has 1 aromatic carbocycles. The summed E-state index contributed by atoms with van der Waals surface area (Å²) in [5.74, 6) is -0.208. The van der Waals surface area contributed by atoms with Crippen molar-refractivity contribution < 1.29 is 14.6 Å². The Kier molecular flexibility index (Phi) is 5.28. The van der Waals surface area contributed by atoms with Crippen LogP contribution in [0.1, 0.15) is 30.6 Å². The van der Waals surface area contributed by atoms with Gasteiger partial charge in [-0.2, -0.15) is 0 Å². The summed E-state index contributed by atoms with van der Waals surface area (Å²) < 4.78 is 4.95. The summed E-state index contributed by atoms with van der Waals surface area (Å²) in [6, 6.07) is 4.73. The smallest absolute Gasteiger partial charge is 0.255 e. The fourth-order valence-electron chi connectivity index (χ4n) is 1.72. The Bertz CT molecular complexity index is 421. The lowest BCUT2D eigenvalue weighted by atomic mass is 10.1. The van der Waals surface area contributed by atoms with Gasteiger partial charge in [0.15, 0.2) is 11.5 Å². The van der Waals surface area contributed by atoms with E-state index in [0.29, 0.717) is 6.42 Å². The zero-order valence-electron chi connectivity index (χ0n) is 10.7. The van der Waals surface area contributed by atoms with E-state index < -0.39 is 0 Å². The molecule has 4 nitrogen and oxygen atoms in total. The summed E-state index contributed by atoms with van der Waals surface area (Å²) >= 11 is 5.86. The molecule has 100 valence electrons. The van der Waals surface area contributed by atoms with Crippen molar-refractivity contribution in [3.05, 3.63) is 23.8 Å². The highest BCUT2D eigenvalue weighted by Crippen LogP contribution is 2.29. The first kappa shape index (κ1) is 14.6. The molecule has 1 rings (SSSR count). The van der Waals surface area contributed by atoms with E-state index in [2.05, 4.69) is 5.32 Å². The Hall–Kier alpha value is -1.42. The average Bonchev–Trinajstić information content (AvgIpc) is 2.27. The molecule has 0 aliphatic rings. The maximum atomic E-state index is 12.0. The Morgan fingerprint density at radius 1 is 1.50 bits per heavy atom.